The first-order valence-corrected chi connectivity index (χ1v) is 13.1. The molecule has 1 aromatic carbocycles. The fourth-order valence-electron chi connectivity index (χ4n) is 5.95. The molecule has 2 aliphatic heterocycles. The van der Waals surface area contributed by atoms with E-state index in [-0.39, 0.29) is 29.4 Å². The van der Waals surface area contributed by atoms with Crippen LogP contribution in [0.2, 0.25) is 0 Å². The quantitative estimate of drug-likeness (QED) is 0.315. The van der Waals surface area contributed by atoms with Crippen LogP contribution in [0.3, 0.4) is 0 Å². The molecule has 0 spiro atoms. The molecule has 0 radical (unpaired) electrons. The van der Waals surface area contributed by atoms with Crippen molar-refractivity contribution in [2.24, 2.45) is 7.05 Å². The van der Waals surface area contributed by atoms with Crippen LogP contribution < -0.4 is 5.56 Å². The number of hydrogen-bond acceptors (Lipinski definition) is 5. The lowest BCUT2D eigenvalue weighted by Gasteiger charge is -2.36. The fraction of sp³-hybridized carbons (Fsp3) is 0.379. The maximum atomic E-state index is 13.1. The topological polar surface area (TPSA) is 82.3 Å². The predicted molar refractivity (Wildman–Crippen MR) is 142 cm³/mol. The van der Waals surface area contributed by atoms with Crippen LogP contribution in [-0.2, 0) is 24.4 Å². The monoisotopic (exact) mass is 551 g/mol. The Kier molecular flexibility index (Phi) is 5.83. The van der Waals surface area contributed by atoms with Gasteiger partial charge in [-0.05, 0) is 63.9 Å². The molecule has 2 aliphatic rings. The Morgan fingerprint density at radius 3 is 2.45 bits per heavy atom. The Bertz CT molecular complexity index is 1700. The Balaban J connectivity index is 1.34. The van der Waals surface area contributed by atoms with Crippen molar-refractivity contribution in [3.8, 4) is 16.9 Å². The molecule has 11 heteroatoms. The summed E-state index contributed by atoms with van der Waals surface area (Å²) in [6.45, 7) is 5.60. The second-order valence-corrected chi connectivity index (χ2v) is 11.4. The van der Waals surface area contributed by atoms with E-state index >= 15 is 0 Å². The van der Waals surface area contributed by atoms with Crippen LogP contribution in [0.4, 0.5) is 18.0 Å². The standard InChI is InChI=1S/C29H28F3N5O3/c1-28(2,3)40-27(39)37-18-6-9-21(37)26-19-7-5-17(14-22(19)35(4)23(26)15-18)36-12-11-16(13-25(36)38)20-8-10-24(34-33-20)29(30,31)32/h5,7-8,10-14,18,21H,6,9,15H2,1-4H3. The van der Waals surface area contributed by atoms with Gasteiger partial charge in [0.1, 0.15) is 5.60 Å². The zero-order valence-corrected chi connectivity index (χ0v) is 22.5. The summed E-state index contributed by atoms with van der Waals surface area (Å²) in [5.74, 6) is 0. The Morgan fingerprint density at radius 1 is 1.02 bits per heavy atom. The van der Waals surface area contributed by atoms with Crippen LogP contribution in [0, 0.1) is 0 Å². The molecule has 0 aliphatic carbocycles. The number of aromatic nitrogens is 4. The lowest BCUT2D eigenvalue weighted by Crippen LogP contribution is -2.44. The van der Waals surface area contributed by atoms with Crippen molar-refractivity contribution in [2.45, 2.75) is 63.9 Å². The third-order valence-corrected chi connectivity index (χ3v) is 7.67. The van der Waals surface area contributed by atoms with Crippen LogP contribution >= 0.6 is 0 Å². The van der Waals surface area contributed by atoms with E-state index in [1.165, 1.54) is 22.4 Å². The van der Waals surface area contributed by atoms with Gasteiger partial charge in [-0.2, -0.15) is 13.2 Å². The molecule has 2 atom stereocenters. The molecule has 3 aromatic heterocycles. The first kappa shape index (κ1) is 26.1. The van der Waals surface area contributed by atoms with Gasteiger partial charge in [0.05, 0.1) is 22.9 Å². The molecule has 1 fully saturated rings. The molecule has 2 bridgehead atoms. The smallest absolute Gasteiger partial charge is 0.435 e. The minimum absolute atomic E-state index is 0.0648. The number of carbonyl (C=O) groups is 1. The van der Waals surface area contributed by atoms with Crippen molar-refractivity contribution < 1.29 is 22.7 Å². The lowest BCUT2D eigenvalue weighted by atomic mass is 9.97. The minimum Gasteiger partial charge on any atom is -0.444 e. The summed E-state index contributed by atoms with van der Waals surface area (Å²) in [5, 5.41) is 7.92. The normalized spacial score (nSPS) is 18.7. The highest BCUT2D eigenvalue weighted by atomic mass is 19.4. The summed E-state index contributed by atoms with van der Waals surface area (Å²) < 4.78 is 47.8. The van der Waals surface area contributed by atoms with Crippen LogP contribution in [-0.4, -0.2) is 42.0 Å². The zero-order chi connectivity index (χ0) is 28.6. The highest BCUT2D eigenvalue weighted by Gasteiger charge is 2.46. The Hall–Kier alpha value is -4.15. The van der Waals surface area contributed by atoms with E-state index in [1.54, 1.807) is 12.3 Å². The maximum Gasteiger partial charge on any atom is 0.435 e. The second kappa shape index (κ2) is 8.94. The first-order valence-electron chi connectivity index (χ1n) is 13.1. The summed E-state index contributed by atoms with van der Waals surface area (Å²) in [5.41, 5.74) is 2.43. The Morgan fingerprint density at radius 2 is 1.80 bits per heavy atom. The van der Waals surface area contributed by atoms with Gasteiger partial charge in [-0.25, -0.2) is 4.79 Å². The van der Waals surface area contributed by atoms with Gasteiger partial charge in [0, 0.05) is 54.0 Å². The molecular weight excluding hydrogens is 523 g/mol. The number of carbonyl (C=O) groups excluding carboxylic acids is 1. The van der Waals surface area contributed by atoms with Gasteiger partial charge in [0.25, 0.3) is 5.56 Å². The van der Waals surface area contributed by atoms with E-state index in [0.29, 0.717) is 11.3 Å². The number of nitrogens with zero attached hydrogens (tertiary/aromatic N) is 5. The third kappa shape index (κ3) is 4.33. The van der Waals surface area contributed by atoms with Gasteiger partial charge in [-0.3, -0.25) is 14.3 Å². The number of ether oxygens (including phenoxy) is 1. The molecular formula is C29H28F3N5O3. The zero-order valence-electron chi connectivity index (χ0n) is 22.5. The van der Waals surface area contributed by atoms with Gasteiger partial charge < -0.3 is 9.30 Å². The number of rotatable bonds is 2. The summed E-state index contributed by atoms with van der Waals surface area (Å²) in [4.78, 5) is 28.1. The van der Waals surface area contributed by atoms with Crippen molar-refractivity contribution in [2.75, 3.05) is 0 Å². The average molecular weight is 552 g/mol. The van der Waals surface area contributed by atoms with Crippen LogP contribution in [0.25, 0.3) is 27.8 Å². The predicted octanol–water partition coefficient (Wildman–Crippen LogP) is 5.80. The molecule has 0 saturated carbocycles. The highest BCUT2D eigenvalue weighted by Crippen LogP contribution is 2.48. The van der Waals surface area contributed by atoms with Gasteiger partial charge >= 0.3 is 12.3 Å². The van der Waals surface area contributed by atoms with Crippen LogP contribution in [0.1, 0.15) is 56.6 Å². The molecule has 1 amide bonds. The summed E-state index contributed by atoms with van der Waals surface area (Å²) in [6, 6.07) is 10.8. The molecule has 40 heavy (non-hydrogen) atoms. The van der Waals surface area contributed by atoms with Crippen molar-refractivity contribution in [3.63, 3.8) is 0 Å². The van der Waals surface area contributed by atoms with E-state index in [9.17, 15) is 22.8 Å². The van der Waals surface area contributed by atoms with Gasteiger partial charge in [-0.15, -0.1) is 10.2 Å². The van der Waals surface area contributed by atoms with Crippen molar-refractivity contribution in [1.29, 1.82) is 0 Å². The maximum absolute atomic E-state index is 13.1. The molecule has 0 N–H and O–H groups in total. The molecule has 1 saturated heterocycles. The Labute approximate surface area is 228 Å². The largest absolute Gasteiger partial charge is 0.444 e. The second-order valence-electron chi connectivity index (χ2n) is 11.4. The number of pyridine rings is 1. The molecule has 208 valence electrons. The van der Waals surface area contributed by atoms with Crippen molar-refractivity contribution in [3.05, 3.63) is 76.0 Å². The summed E-state index contributed by atoms with van der Waals surface area (Å²) in [7, 11) is 2.00. The van der Waals surface area contributed by atoms with Gasteiger partial charge in [0.2, 0.25) is 0 Å². The minimum atomic E-state index is -4.59. The van der Waals surface area contributed by atoms with E-state index in [0.717, 1.165) is 41.8 Å². The molecule has 4 aromatic rings. The van der Waals surface area contributed by atoms with Crippen molar-refractivity contribution >= 4 is 17.0 Å². The summed E-state index contributed by atoms with van der Waals surface area (Å²) in [6.07, 6.45) is -0.781. The van der Waals surface area contributed by atoms with E-state index in [1.807, 2.05) is 50.9 Å². The molecule has 6 rings (SSSR count). The molecule has 2 unspecified atom stereocenters. The van der Waals surface area contributed by atoms with Gasteiger partial charge in [-0.1, -0.05) is 6.07 Å². The fourth-order valence-corrected chi connectivity index (χ4v) is 5.95. The van der Waals surface area contributed by atoms with E-state index in [4.69, 9.17) is 4.74 Å². The lowest BCUT2D eigenvalue weighted by molar-refractivity contribution is -0.141. The number of fused-ring (bicyclic) bond motifs is 6. The number of benzene rings is 1. The molecule has 5 heterocycles. The number of halogens is 3. The first-order chi connectivity index (χ1) is 18.8. The van der Waals surface area contributed by atoms with E-state index < -0.39 is 17.5 Å². The highest BCUT2D eigenvalue weighted by molar-refractivity contribution is 5.89. The summed E-state index contributed by atoms with van der Waals surface area (Å²) >= 11 is 0. The van der Waals surface area contributed by atoms with Crippen LogP contribution in [0.5, 0.6) is 0 Å². The van der Waals surface area contributed by atoms with Crippen molar-refractivity contribution in [1.82, 2.24) is 24.2 Å². The number of aryl methyl sites for hydroxylation is 1. The number of hydrogen-bond donors (Lipinski definition) is 0. The average Bonchev–Trinajstić information content (AvgIpc) is 3.35. The van der Waals surface area contributed by atoms with Gasteiger partial charge in [0.15, 0.2) is 5.69 Å². The molecule has 8 nitrogen and oxygen atoms in total. The number of amides is 1. The van der Waals surface area contributed by atoms with E-state index in [2.05, 4.69) is 14.8 Å². The third-order valence-electron chi connectivity index (χ3n) is 7.67. The number of alkyl halides is 3. The van der Waals surface area contributed by atoms with Crippen LogP contribution in [0.15, 0.2) is 53.5 Å². The SMILES string of the molecule is Cn1c2c(c3ccc(-n4ccc(-c5ccc(C(F)(F)F)nn5)cc4=O)cc31)C1CCC(C2)N1C(=O)OC(C)(C)C.